The van der Waals surface area contributed by atoms with Gasteiger partial charge in [0.05, 0.1) is 0 Å². The zero-order chi connectivity index (χ0) is 17.8. The summed E-state index contributed by atoms with van der Waals surface area (Å²) in [5, 5.41) is 9.85. The van der Waals surface area contributed by atoms with Crippen molar-refractivity contribution in [1.82, 2.24) is 14.8 Å². The van der Waals surface area contributed by atoms with Gasteiger partial charge in [-0.1, -0.05) is 59.3 Å². The molecule has 128 valence electrons. The van der Waals surface area contributed by atoms with E-state index in [0.29, 0.717) is 17.3 Å². The van der Waals surface area contributed by atoms with Gasteiger partial charge < -0.3 is 0 Å². The monoisotopic (exact) mass is 373 g/mol. The molecular weight excluding hydrogens is 357 g/mol. The van der Waals surface area contributed by atoms with Crippen LogP contribution in [-0.4, -0.2) is 14.8 Å². The maximum absolute atomic E-state index is 13.2. The van der Waals surface area contributed by atoms with Crippen molar-refractivity contribution in [2.24, 2.45) is 0 Å². The Labute approximate surface area is 155 Å². The Balaban J connectivity index is 1.87. The lowest BCUT2D eigenvalue weighted by molar-refractivity contribution is 0.627. The van der Waals surface area contributed by atoms with E-state index in [1.165, 1.54) is 23.9 Å². The van der Waals surface area contributed by atoms with Gasteiger partial charge in [-0.15, -0.1) is 16.8 Å². The number of aromatic nitrogens is 3. The normalized spacial score (nSPS) is 10.8. The van der Waals surface area contributed by atoms with Gasteiger partial charge in [-0.3, -0.25) is 4.57 Å². The molecule has 0 N–H and O–H groups in total. The van der Waals surface area contributed by atoms with Crippen LogP contribution in [0.5, 0.6) is 0 Å². The van der Waals surface area contributed by atoms with Gasteiger partial charge in [-0.2, -0.15) is 0 Å². The Hall–Kier alpha value is -2.11. The van der Waals surface area contributed by atoms with Crippen LogP contribution in [0.1, 0.15) is 11.1 Å². The number of rotatable bonds is 6. The minimum Gasteiger partial charge on any atom is -0.298 e. The molecule has 0 fully saturated rings. The van der Waals surface area contributed by atoms with Crippen LogP contribution in [0.2, 0.25) is 5.02 Å². The van der Waals surface area contributed by atoms with Crippen molar-refractivity contribution in [2.45, 2.75) is 24.4 Å². The predicted octanol–water partition coefficient (Wildman–Crippen LogP) is 5.52. The number of aryl methyl sites for hydroxylation is 1. The fourth-order valence-corrected chi connectivity index (χ4v) is 3.73. The lowest BCUT2D eigenvalue weighted by atomic mass is 10.1. The molecule has 0 radical (unpaired) electrons. The highest BCUT2D eigenvalue weighted by Gasteiger charge is 2.14. The molecule has 0 unspecified atom stereocenters. The van der Waals surface area contributed by atoms with Crippen molar-refractivity contribution < 1.29 is 4.39 Å². The molecule has 0 saturated carbocycles. The molecule has 3 aromatic rings. The van der Waals surface area contributed by atoms with E-state index in [2.05, 4.69) is 22.8 Å². The maximum atomic E-state index is 13.2. The number of hydrogen-bond donors (Lipinski definition) is 0. The van der Waals surface area contributed by atoms with Gasteiger partial charge in [-0.25, -0.2) is 4.39 Å². The number of hydrogen-bond acceptors (Lipinski definition) is 3. The van der Waals surface area contributed by atoms with Gasteiger partial charge in [0.15, 0.2) is 11.0 Å². The van der Waals surface area contributed by atoms with Crippen LogP contribution in [0.4, 0.5) is 4.39 Å². The van der Waals surface area contributed by atoms with E-state index < -0.39 is 0 Å². The zero-order valence-electron chi connectivity index (χ0n) is 13.7. The molecule has 0 aliphatic rings. The highest BCUT2D eigenvalue weighted by molar-refractivity contribution is 7.98. The number of thioether (sulfide) groups is 1. The second kappa shape index (κ2) is 7.85. The molecule has 0 atom stereocenters. The summed E-state index contributed by atoms with van der Waals surface area (Å²) < 4.78 is 15.2. The summed E-state index contributed by atoms with van der Waals surface area (Å²) in [6.07, 6.45) is 1.82. The van der Waals surface area contributed by atoms with Crippen molar-refractivity contribution >= 4 is 23.4 Å². The Bertz CT molecular complexity index is 907. The lowest BCUT2D eigenvalue weighted by Crippen LogP contribution is -2.01. The van der Waals surface area contributed by atoms with E-state index in [-0.39, 0.29) is 5.82 Å². The second-order valence-corrected chi connectivity index (χ2v) is 6.95. The summed E-state index contributed by atoms with van der Waals surface area (Å²) in [4.78, 5) is 0. The first-order valence-corrected chi connectivity index (χ1v) is 9.12. The van der Waals surface area contributed by atoms with Crippen LogP contribution in [0, 0.1) is 12.7 Å². The molecule has 6 heteroatoms. The summed E-state index contributed by atoms with van der Waals surface area (Å²) in [6, 6.07) is 12.6. The SMILES string of the molecule is C=CCn1c(SCc2ccc(F)cc2Cl)nnc1-c1cccc(C)c1. The zero-order valence-corrected chi connectivity index (χ0v) is 15.3. The summed E-state index contributed by atoms with van der Waals surface area (Å²) in [5.74, 6) is 1.05. The summed E-state index contributed by atoms with van der Waals surface area (Å²) in [6.45, 7) is 6.48. The van der Waals surface area contributed by atoms with Crippen molar-refractivity contribution in [3.8, 4) is 11.4 Å². The number of benzene rings is 2. The quantitative estimate of drug-likeness (QED) is 0.420. The average molecular weight is 374 g/mol. The molecule has 3 nitrogen and oxygen atoms in total. The van der Waals surface area contributed by atoms with Gasteiger partial charge in [-0.05, 0) is 30.7 Å². The predicted molar refractivity (Wildman–Crippen MR) is 101 cm³/mol. The van der Waals surface area contributed by atoms with Gasteiger partial charge in [0.25, 0.3) is 0 Å². The van der Waals surface area contributed by atoms with E-state index in [0.717, 1.165) is 27.7 Å². The molecule has 0 amide bonds. The first kappa shape index (κ1) is 17.7. The van der Waals surface area contributed by atoms with Crippen molar-refractivity contribution in [3.63, 3.8) is 0 Å². The van der Waals surface area contributed by atoms with E-state index in [9.17, 15) is 4.39 Å². The third-order valence-corrected chi connectivity index (χ3v) is 5.04. The Morgan fingerprint density at radius 3 is 2.80 bits per heavy atom. The van der Waals surface area contributed by atoms with Crippen LogP contribution in [0.15, 0.2) is 60.3 Å². The van der Waals surface area contributed by atoms with E-state index >= 15 is 0 Å². The molecule has 1 heterocycles. The Morgan fingerprint density at radius 1 is 1.24 bits per heavy atom. The van der Waals surface area contributed by atoms with Crippen molar-refractivity contribution in [3.05, 3.63) is 77.1 Å². The fourth-order valence-electron chi connectivity index (χ4n) is 2.47. The first-order chi connectivity index (χ1) is 12.1. The number of nitrogens with zero attached hydrogens (tertiary/aromatic N) is 3. The molecule has 0 spiro atoms. The number of allylic oxidation sites excluding steroid dienone is 1. The van der Waals surface area contributed by atoms with Crippen molar-refractivity contribution in [2.75, 3.05) is 0 Å². The molecule has 2 aromatic carbocycles. The first-order valence-electron chi connectivity index (χ1n) is 7.76. The second-order valence-electron chi connectivity index (χ2n) is 5.60. The van der Waals surface area contributed by atoms with Gasteiger partial charge in [0.2, 0.25) is 0 Å². The Kier molecular flexibility index (Phi) is 5.56. The topological polar surface area (TPSA) is 30.7 Å². The van der Waals surface area contributed by atoms with Gasteiger partial charge >= 0.3 is 0 Å². The molecule has 1 aromatic heterocycles. The smallest absolute Gasteiger partial charge is 0.192 e. The highest BCUT2D eigenvalue weighted by atomic mass is 35.5. The van der Waals surface area contributed by atoms with E-state index in [1.54, 1.807) is 6.07 Å². The lowest BCUT2D eigenvalue weighted by Gasteiger charge is -2.09. The average Bonchev–Trinajstić information content (AvgIpc) is 2.97. The standard InChI is InChI=1S/C19H17ClFN3S/c1-3-9-24-18(14-6-4-5-13(2)10-14)22-23-19(24)25-12-15-7-8-16(21)11-17(15)20/h3-8,10-11H,1,9,12H2,2H3. The van der Waals surface area contributed by atoms with Crippen molar-refractivity contribution in [1.29, 1.82) is 0 Å². The third-order valence-electron chi connectivity index (χ3n) is 3.68. The van der Waals surface area contributed by atoms with Gasteiger partial charge in [0.1, 0.15) is 5.82 Å². The molecule has 0 saturated heterocycles. The summed E-state index contributed by atoms with van der Waals surface area (Å²) >= 11 is 7.62. The van der Waals surface area contributed by atoms with Crippen LogP contribution < -0.4 is 0 Å². The summed E-state index contributed by atoms with van der Waals surface area (Å²) in [5.41, 5.74) is 3.04. The molecular formula is C19H17ClFN3S. The molecule has 0 aliphatic heterocycles. The minimum absolute atomic E-state index is 0.338. The Morgan fingerprint density at radius 2 is 2.08 bits per heavy atom. The molecule has 25 heavy (non-hydrogen) atoms. The van der Waals surface area contributed by atoms with Crippen LogP contribution >= 0.6 is 23.4 Å². The van der Waals surface area contributed by atoms with Crippen LogP contribution in [-0.2, 0) is 12.3 Å². The largest absolute Gasteiger partial charge is 0.298 e. The number of halogens is 2. The van der Waals surface area contributed by atoms with E-state index in [1.807, 2.05) is 35.8 Å². The molecule has 0 aliphatic carbocycles. The third kappa shape index (κ3) is 4.11. The van der Waals surface area contributed by atoms with Gasteiger partial charge in [0, 0.05) is 22.9 Å². The minimum atomic E-state index is -0.338. The summed E-state index contributed by atoms with van der Waals surface area (Å²) in [7, 11) is 0. The fraction of sp³-hybridized carbons (Fsp3) is 0.158. The van der Waals surface area contributed by atoms with Crippen LogP contribution in [0.25, 0.3) is 11.4 Å². The van der Waals surface area contributed by atoms with Crippen LogP contribution in [0.3, 0.4) is 0 Å². The maximum Gasteiger partial charge on any atom is 0.192 e. The van der Waals surface area contributed by atoms with E-state index in [4.69, 9.17) is 11.6 Å². The molecule has 0 bridgehead atoms. The molecule has 3 rings (SSSR count). The highest BCUT2D eigenvalue weighted by Crippen LogP contribution is 2.29.